The number of oxime groups is 1. The second-order valence-corrected chi connectivity index (χ2v) is 2.57. The molecular weight excluding hydrogens is 152 g/mol. The molecule has 2 rings (SSSR count). The first-order valence-corrected chi connectivity index (χ1v) is 3.65. The average Bonchev–Trinajstić information content (AvgIpc) is 2.51. The molecule has 0 bridgehead atoms. The van der Waals surface area contributed by atoms with Crippen LogP contribution in [0, 0.1) is 0 Å². The van der Waals surface area contributed by atoms with Gasteiger partial charge in [0, 0.05) is 11.7 Å². The highest BCUT2D eigenvalue weighted by Crippen LogP contribution is 2.12. The van der Waals surface area contributed by atoms with E-state index in [-0.39, 0.29) is 0 Å². The number of aromatic amines is 1. The Labute approximate surface area is 69.3 Å². The summed E-state index contributed by atoms with van der Waals surface area (Å²) in [7, 11) is 0. The number of nitrogens with one attached hydrogen (secondary N) is 1. The molecule has 0 unspecified atom stereocenters. The third kappa shape index (κ3) is 1.05. The van der Waals surface area contributed by atoms with Crippen molar-refractivity contribution in [3.8, 4) is 0 Å². The van der Waals surface area contributed by atoms with Gasteiger partial charge in [-0.1, -0.05) is 11.2 Å². The number of hydrogen-bond acceptors (Lipinski definition) is 2. The molecule has 1 heterocycles. The summed E-state index contributed by atoms with van der Waals surface area (Å²) in [5, 5.41) is 12.4. The van der Waals surface area contributed by atoms with Crippen molar-refractivity contribution >= 4 is 17.1 Å². The Morgan fingerprint density at radius 1 is 1.33 bits per heavy atom. The van der Waals surface area contributed by atoms with E-state index in [1.54, 1.807) is 0 Å². The quantitative estimate of drug-likeness (QED) is 0.374. The van der Waals surface area contributed by atoms with Crippen molar-refractivity contribution < 1.29 is 5.21 Å². The number of benzene rings is 1. The molecule has 0 fully saturated rings. The standard InChI is InChI=1S/C9H8N2O/c12-11-6-7-1-2-9-8(5-7)3-4-10-9/h1-6,10,12H/b11-6-. The van der Waals surface area contributed by atoms with Gasteiger partial charge in [-0.15, -0.1) is 0 Å². The van der Waals surface area contributed by atoms with Crippen LogP contribution in [0.2, 0.25) is 0 Å². The van der Waals surface area contributed by atoms with Gasteiger partial charge in [0.25, 0.3) is 0 Å². The molecule has 2 aromatic rings. The lowest BCUT2D eigenvalue weighted by atomic mass is 10.2. The second kappa shape index (κ2) is 2.70. The Hall–Kier alpha value is -1.77. The zero-order valence-electron chi connectivity index (χ0n) is 6.36. The maximum atomic E-state index is 8.30. The molecule has 12 heavy (non-hydrogen) atoms. The monoisotopic (exact) mass is 160 g/mol. The van der Waals surface area contributed by atoms with E-state index < -0.39 is 0 Å². The molecule has 1 aromatic heterocycles. The largest absolute Gasteiger partial charge is 0.411 e. The summed E-state index contributed by atoms with van der Waals surface area (Å²) in [4.78, 5) is 3.08. The maximum Gasteiger partial charge on any atom is 0.0734 e. The third-order valence-corrected chi connectivity index (χ3v) is 1.78. The van der Waals surface area contributed by atoms with Crippen molar-refractivity contribution in [2.45, 2.75) is 0 Å². The molecule has 0 radical (unpaired) electrons. The molecule has 2 N–H and O–H groups in total. The van der Waals surface area contributed by atoms with E-state index >= 15 is 0 Å². The topological polar surface area (TPSA) is 48.4 Å². The molecule has 0 atom stereocenters. The van der Waals surface area contributed by atoms with Crippen molar-refractivity contribution in [2.24, 2.45) is 5.16 Å². The Balaban J connectivity index is 2.60. The number of H-pyrrole nitrogens is 1. The smallest absolute Gasteiger partial charge is 0.0734 e. The normalized spacial score (nSPS) is 11.3. The van der Waals surface area contributed by atoms with E-state index in [0.717, 1.165) is 16.5 Å². The molecular formula is C9H8N2O. The fourth-order valence-electron chi connectivity index (χ4n) is 1.22. The van der Waals surface area contributed by atoms with E-state index in [1.807, 2.05) is 30.5 Å². The zero-order valence-corrected chi connectivity index (χ0v) is 6.36. The van der Waals surface area contributed by atoms with Gasteiger partial charge in [0.15, 0.2) is 0 Å². The van der Waals surface area contributed by atoms with Gasteiger partial charge in [-0.2, -0.15) is 0 Å². The van der Waals surface area contributed by atoms with Crippen LogP contribution in [0.5, 0.6) is 0 Å². The van der Waals surface area contributed by atoms with Crippen molar-refractivity contribution in [3.05, 3.63) is 36.0 Å². The molecule has 3 heteroatoms. The SMILES string of the molecule is O/N=C\c1ccc2[nH]ccc2c1. The number of fused-ring (bicyclic) bond motifs is 1. The summed E-state index contributed by atoms with van der Waals surface area (Å²) in [5.41, 5.74) is 1.98. The Kier molecular flexibility index (Phi) is 1.55. The van der Waals surface area contributed by atoms with Gasteiger partial charge in [-0.3, -0.25) is 0 Å². The molecule has 1 aromatic carbocycles. The van der Waals surface area contributed by atoms with Gasteiger partial charge < -0.3 is 10.2 Å². The van der Waals surface area contributed by atoms with Gasteiger partial charge in [0.1, 0.15) is 0 Å². The molecule has 0 aliphatic rings. The lowest BCUT2D eigenvalue weighted by Crippen LogP contribution is -1.79. The molecule has 0 saturated carbocycles. The van der Waals surface area contributed by atoms with Gasteiger partial charge in [0.2, 0.25) is 0 Å². The van der Waals surface area contributed by atoms with Gasteiger partial charge in [0.05, 0.1) is 6.21 Å². The molecule has 0 spiro atoms. The van der Waals surface area contributed by atoms with Crippen molar-refractivity contribution in [2.75, 3.05) is 0 Å². The first-order valence-electron chi connectivity index (χ1n) is 3.65. The summed E-state index contributed by atoms with van der Waals surface area (Å²) in [6.07, 6.45) is 3.29. The second-order valence-electron chi connectivity index (χ2n) is 2.57. The first kappa shape index (κ1) is 6.91. The Bertz CT molecular complexity index is 417. The number of rotatable bonds is 1. The van der Waals surface area contributed by atoms with Crippen molar-refractivity contribution in [3.63, 3.8) is 0 Å². The van der Waals surface area contributed by atoms with E-state index in [1.165, 1.54) is 6.21 Å². The van der Waals surface area contributed by atoms with Crippen molar-refractivity contribution in [1.29, 1.82) is 0 Å². The van der Waals surface area contributed by atoms with Crippen LogP contribution in [-0.2, 0) is 0 Å². The third-order valence-electron chi connectivity index (χ3n) is 1.78. The maximum absolute atomic E-state index is 8.30. The lowest BCUT2D eigenvalue weighted by molar-refractivity contribution is 0.322. The minimum Gasteiger partial charge on any atom is -0.411 e. The summed E-state index contributed by atoms with van der Waals surface area (Å²) in [6, 6.07) is 7.76. The zero-order chi connectivity index (χ0) is 8.39. The predicted octanol–water partition coefficient (Wildman–Crippen LogP) is 1.98. The highest BCUT2D eigenvalue weighted by molar-refractivity contribution is 5.88. The van der Waals surface area contributed by atoms with Gasteiger partial charge in [-0.05, 0) is 29.1 Å². The molecule has 0 aliphatic carbocycles. The van der Waals surface area contributed by atoms with E-state index in [2.05, 4.69) is 10.1 Å². The summed E-state index contributed by atoms with van der Waals surface area (Å²) < 4.78 is 0. The highest BCUT2D eigenvalue weighted by Gasteiger charge is 1.93. The fourth-order valence-corrected chi connectivity index (χ4v) is 1.22. The average molecular weight is 160 g/mol. The van der Waals surface area contributed by atoms with Crippen LogP contribution in [-0.4, -0.2) is 16.4 Å². The van der Waals surface area contributed by atoms with Crippen LogP contribution >= 0.6 is 0 Å². The predicted molar refractivity (Wildman–Crippen MR) is 47.7 cm³/mol. The van der Waals surface area contributed by atoms with Crippen LogP contribution in [0.3, 0.4) is 0 Å². The number of nitrogens with zero attached hydrogens (tertiary/aromatic N) is 1. The van der Waals surface area contributed by atoms with Crippen LogP contribution in [0.1, 0.15) is 5.56 Å². The lowest BCUT2D eigenvalue weighted by Gasteiger charge is -1.91. The van der Waals surface area contributed by atoms with Crippen LogP contribution in [0.15, 0.2) is 35.6 Å². The molecule has 0 amide bonds. The first-order chi connectivity index (χ1) is 5.90. The van der Waals surface area contributed by atoms with Gasteiger partial charge in [-0.25, -0.2) is 0 Å². The fraction of sp³-hybridized carbons (Fsp3) is 0. The minimum atomic E-state index is 0.893. The highest BCUT2D eigenvalue weighted by atomic mass is 16.4. The molecule has 60 valence electrons. The Morgan fingerprint density at radius 3 is 3.08 bits per heavy atom. The molecule has 0 saturated heterocycles. The van der Waals surface area contributed by atoms with Crippen molar-refractivity contribution in [1.82, 2.24) is 4.98 Å². The van der Waals surface area contributed by atoms with E-state index in [0.29, 0.717) is 0 Å². The van der Waals surface area contributed by atoms with Crippen LogP contribution < -0.4 is 0 Å². The van der Waals surface area contributed by atoms with E-state index in [4.69, 9.17) is 5.21 Å². The number of hydrogen-bond donors (Lipinski definition) is 2. The summed E-state index contributed by atoms with van der Waals surface area (Å²) in [6.45, 7) is 0. The Morgan fingerprint density at radius 2 is 2.25 bits per heavy atom. The molecule has 0 aliphatic heterocycles. The molecule has 3 nitrogen and oxygen atoms in total. The minimum absolute atomic E-state index is 0.893. The summed E-state index contributed by atoms with van der Waals surface area (Å²) in [5.74, 6) is 0. The van der Waals surface area contributed by atoms with Gasteiger partial charge >= 0.3 is 0 Å². The number of aromatic nitrogens is 1. The van der Waals surface area contributed by atoms with Crippen LogP contribution in [0.25, 0.3) is 10.9 Å². The van der Waals surface area contributed by atoms with Crippen LogP contribution in [0.4, 0.5) is 0 Å². The van der Waals surface area contributed by atoms with E-state index in [9.17, 15) is 0 Å². The summed E-state index contributed by atoms with van der Waals surface area (Å²) >= 11 is 0.